The molecule has 1 saturated carbocycles. The van der Waals surface area contributed by atoms with E-state index < -0.39 is 0 Å². The number of rotatable bonds is 3. The highest BCUT2D eigenvalue weighted by Crippen LogP contribution is 2.44. The van der Waals surface area contributed by atoms with Gasteiger partial charge in [0.1, 0.15) is 17.5 Å². The van der Waals surface area contributed by atoms with Crippen molar-refractivity contribution in [3.63, 3.8) is 0 Å². The van der Waals surface area contributed by atoms with Crippen LogP contribution < -0.4 is 5.32 Å². The Bertz CT molecular complexity index is 656. The van der Waals surface area contributed by atoms with Gasteiger partial charge in [-0.2, -0.15) is 0 Å². The zero-order valence-corrected chi connectivity index (χ0v) is 14.5. The van der Waals surface area contributed by atoms with Gasteiger partial charge in [-0.15, -0.1) is 0 Å². The minimum Gasteiger partial charge on any atom is -0.368 e. The molecule has 3 aliphatic rings. The Morgan fingerprint density at radius 2 is 1.84 bits per heavy atom. The summed E-state index contributed by atoms with van der Waals surface area (Å²) >= 11 is 0. The van der Waals surface area contributed by atoms with Gasteiger partial charge < -0.3 is 24.4 Å². The van der Waals surface area contributed by atoms with Crippen molar-refractivity contribution in [3.05, 3.63) is 11.5 Å². The van der Waals surface area contributed by atoms with Crippen molar-refractivity contribution >= 4 is 17.6 Å². The number of urea groups is 1. The number of aromatic nitrogens is 1. The van der Waals surface area contributed by atoms with Crippen molar-refractivity contribution in [2.45, 2.75) is 44.6 Å². The van der Waals surface area contributed by atoms with Gasteiger partial charge in [-0.05, 0) is 32.6 Å². The second kappa shape index (κ2) is 6.67. The summed E-state index contributed by atoms with van der Waals surface area (Å²) < 4.78 is 10.8. The predicted octanol–water partition coefficient (Wildman–Crippen LogP) is 1.72. The number of aryl methyl sites for hydroxylation is 1. The summed E-state index contributed by atoms with van der Waals surface area (Å²) in [6.45, 7) is 4.64. The molecule has 1 aliphatic carbocycles. The zero-order valence-electron chi connectivity index (χ0n) is 14.5. The van der Waals surface area contributed by atoms with Crippen LogP contribution in [-0.4, -0.2) is 65.8 Å². The molecule has 1 atom stereocenters. The standard InChI is InChI=1S/C17H24N4O4/c1-11-14(15(25-19-11)12-4-5-12)18-17(23)21-8-6-20(7-9-21)16(22)13-3-2-10-24-13/h12-13H,2-10H2,1H3,(H,18,23)/t13-/m0/s1. The molecular formula is C17H24N4O4. The van der Waals surface area contributed by atoms with E-state index in [4.69, 9.17) is 9.26 Å². The van der Waals surface area contributed by atoms with E-state index in [0.717, 1.165) is 31.4 Å². The third kappa shape index (κ3) is 3.35. The van der Waals surface area contributed by atoms with E-state index in [2.05, 4.69) is 10.5 Å². The predicted molar refractivity (Wildman–Crippen MR) is 89.4 cm³/mol. The molecule has 8 nitrogen and oxygen atoms in total. The number of nitrogens with zero attached hydrogens (tertiary/aromatic N) is 3. The smallest absolute Gasteiger partial charge is 0.322 e. The minimum atomic E-state index is -0.291. The molecule has 2 aliphatic heterocycles. The third-order valence-corrected chi connectivity index (χ3v) is 5.15. The Balaban J connectivity index is 1.32. The number of ether oxygens (including phenoxy) is 1. The molecule has 3 amide bonds. The number of piperazine rings is 1. The van der Waals surface area contributed by atoms with Gasteiger partial charge in [-0.25, -0.2) is 4.79 Å². The van der Waals surface area contributed by atoms with E-state index in [9.17, 15) is 9.59 Å². The van der Waals surface area contributed by atoms with Crippen LogP contribution in [0.1, 0.15) is 43.1 Å². The highest BCUT2D eigenvalue weighted by molar-refractivity contribution is 5.91. The molecule has 1 aromatic rings. The highest BCUT2D eigenvalue weighted by atomic mass is 16.5. The Kier molecular flexibility index (Phi) is 4.37. The number of carbonyl (C=O) groups excluding carboxylic acids is 2. The molecule has 0 bridgehead atoms. The van der Waals surface area contributed by atoms with Gasteiger partial charge >= 0.3 is 6.03 Å². The van der Waals surface area contributed by atoms with Crippen LogP contribution >= 0.6 is 0 Å². The first-order chi connectivity index (χ1) is 12.1. The van der Waals surface area contributed by atoms with Gasteiger partial charge in [0.2, 0.25) is 0 Å². The topological polar surface area (TPSA) is 87.9 Å². The fourth-order valence-corrected chi connectivity index (χ4v) is 3.46. The molecule has 25 heavy (non-hydrogen) atoms. The van der Waals surface area contributed by atoms with Crippen molar-refractivity contribution in [3.8, 4) is 0 Å². The lowest BCUT2D eigenvalue weighted by molar-refractivity contribution is -0.142. The molecule has 1 N–H and O–H groups in total. The van der Waals surface area contributed by atoms with Gasteiger partial charge in [0.15, 0.2) is 5.76 Å². The lowest BCUT2D eigenvalue weighted by Crippen LogP contribution is -2.53. The normalized spacial score (nSPS) is 23.8. The molecule has 4 rings (SSSR count). The summed E-state index contributed by atoms with van der Waals surface area (Å²) in [6, 6.07) is -0.155. The number of nitrogens with one attached hydrogen (secondary N) is 1. The monoisotopic (exact) mass is 348 g/mol. The fourth-order valence-electron chi connectivity index (χ4n) is 3.46. The van der Waals surface area contributed by atoms with Crippen molar-refractivity contribution in [2.75, 3.05) is 38.1 Å². The van der Waals surface area contributed by atoms with E-state index in [0.29, 0.717) is 50.1 Å². The van der Waals surface area contributed by atoms with Crippen molar-refractivity contribution < 1.29 is 18.8 Å². The molecule has 0 spiro atoms. The molecule has 2 saturated heterocycles. The van der Waals surface area contributed by atoms with Crippen LogP contribution in [0, 0.1) is 6.92 Å². The van der Waals surface area contributed by atoms with Crippen LogP contribution in [0.3, 0.4) is 0 Å². The van der Waals surface area contributed by atoms with Crippen molar-refractivity contribution in [2.24, 2.45) is 0 Å². The van der Waals surface area contributed by atoms with E-state index >= 15 is 0 Å². The first-order valence-corrected chi connectivity index (χ1v) is 9.06. The van der Waals surface area contributed by atoms with Gasteiger partial charge in [-0.1, -0.05) is 5.16 Å². The van der Waals surface area contributed by atoms with Crippen LogP contribution in [-0.2, 0) is 9.53 Å². The number of carbonyl (C=O) groups is 2. The van der Waals surface area contributed by atoms with Crippen LogP contribution in [0.2, 0.25) is 0 Å². The first kappa shape index (κ1) is 16.4. The zero-order chi connectivity index (χ0) is 17.4. The largest absolute Gasteiger partial charge is 0.368 e. The molecule has 0 unspecified atom stereocenters. The summed E-state index contributed by atoms with van der Waals surface area (Å²) in [4.78, 5) is 28.5. The molecule has 0 radical (unpaired) electrons. The molecule has 3 heterocycles. The maximum Gasteiger partial charge on any atom is 0.322 e. The Labute approximate surface area is 146 Å². The Morgan fingerprint density at radius 1 is 1.12 bits per heavy atom. The maximum atomic E-state index is 12.6. The van der Waals surface area contributed by atoms with E-state index in [1.165, 1.54) is 0 Å². The lowest BCUT2D eigenvalue weighted by atomic mass is 10.2. The Morgan fingerprint density at radius 3 is 2.48 bits per heavy atom. The molecule has 1 aromatic heterocycles. The van der Waals surface area contributed by atoms with Crippen molar-refractivity contribution in [1.29, 1.82) is 0 Å². The second-order valence-electron chi connectivity index (χ2n) is 7.03. The van der Waals surface area contributed by atoms with Gasteiger partial charge in [0.25, 0.3) is 5.91 Å². The van der Waals surface area contributed by atoms with Gasteiger partial charge in [0.05, 0.1) is 0 Å². The minimum absolute atomic E-state index is 0.0588. The number of amides is 3. The van der Waals surface area contributed by atoms with Crippen LogP contribution in [0.25, 0.3) is 0 Å². The molecule has 136 valence electrons. The lowest BCUT2D eigenvalue weighted by Gasteiger charge is -2.35. The van der Waals surface area contributed by atoms with Crippen LogP contribution in [0.4, 0.5) is 10.5 Å². The first-order valence-electron chi connectivity index (χ1n) is 9.06. The van der Waals surface area contributed by atoms with E-state index in [-0.39, 0.29) is 18.0 Å². The van der Waals surface area contributed by atoms with Crippen LogP contribution in [0.15, 0.2) is 4.52 Å². The number of anilines is 1. The Hall–Kier alpha value is -2.09. The maximum absolute atomic E-state index is 12.6. The summed E-state index contributed by atoms with van der Waals surface area (Å²) in [5.41, 5.74) is 1.42. The van der Waals surface area contributed by atoms with Crippen LogP contribution in [0.5, 0.6) is 0 Å². The summed E-state index contributed by atoms with van der Waals surface area (Å²) in [7, 11) is 0. The fraction of sp³-hybridized carbons (Fsp3) is 0.706. The molecule has 0 aromatic carbocycles. The number of hydrogen-bond donors (Lipinski definition) is 1. The van der Waals surface area contributed by atoms with Crippen molar-refractivity contribution in [1.82, 2.24) is 15.0 Å². The summed E-state index contributed by atoms with van der Waals surface area (Å²) in [5.74, 6) is 1.24. The number of hydrogen-bond acceptors (Lipinski definition) is 5. The van der Waals surface area contributed by atoms with E-state index in [1.54, 1.807) is 9.80 Å². The average Bonchev–Trinajstić information content (AvgIpc) is 3.19. The summed E-state index contributed by atoms with van der Waals surface area (Å²) in [5, 5.41) is 6.93. The summed E-state index contributed by atoms with van der Waals surface area (Å²) in [6.07, 6.45) is 3.63. The molecule has 8 heteroatoms. The SMILES string of the molecule is Cc1noc(C2CC2)c1NC(=O)N1CCN(C(=O)[C@@H]2CCCO2)CC1. The highest BCUT2D eigenvalue weighted by Gasteiger charge is 2.34. The molecular weight excluding hydrogens is 324 g/mol. The van der Waals surface area contributed by atoms with Gasteiger partial charge in [0, 0.05) is 38.7 Å². The third-order valence-electron chi connectivity index (χ3n) is 5.15. The van der Waals surface area contributed by atoms with Gasteiger partial charge in [-0.3, -0.25) is 4.79 Å². The molecule has 3 fully saturated rings. The van der Waals surface area contributed by atoms with E-state index in [1.807, 2.05) is 6.92 Å². The second-order valence-corrected chi connectivity index (χ2v) is 7.03. The quantitative estimate of drug-likeness (QED) is 0.898. The average molecular weight is 348 g/mol.